The standard InChI is InChI=1S/C20H29N3O3.ClH/c1-16(24)22-12-15-26-18-4-2-17(3-5-18)19(25)23-13-8-20(9-14-23)6-10-21-11-7-20;/h2-5,21H,6-15H2,1H3,(H,22,24);1H. The molecule has 0 aromatic heterocycles. The molecule has 1 aromatic carbocycles. The molecule has 1 aromatic rings. The highest BCUT2D eigenvalue weighted by Gasteiger charge is 2.36. The number of likely N-dealkylation sites (tertiary alicyclic amines) is 1. The Morgan fingerprint density at radius 3 is 2.33 bits per heavy atom. The largest absolute Gasteiger partial charge is 0.492 e. The molecule has 6 nitrogen and oxygen atoms in total. The van der Waals surface area contributed by atoms with Crippen molar-refractivity contribution in [1.29, 1.82) is 0 Å². The maximum atomic E-state index is 12.7. The number of carbonyl (C=O) groups excluding carboxylic acids is 2. The van der Waals surface area contributed by atoms with E-state index in [1.54, 1.807) is 0 Å². The fourth-order valence-corrected chi connectivity index (χ4v) is 3.91. The predicted octanol–water partition coefficient (Wildman–Crippen LogP) is 2.23. The lowest BCUT2D eigenvalue weighted by Gasteiger charge is -2.44. The smallest absolute Gasteiger partial charge is 0.253 e. The van der Waals surface area contributed by atoms with Gasteiger partial charge >= 0.3 is 0 Å². The van der Waals surface area contributed by atoms with Crippen molar-refractivity contribution < 1.29 is 14.3 Å². The number of nitrogens with zero attached hydrogens (tertiary/aromatic N) is 1. The number of nitrogens with one attached hydrogen (secondary N) is 2. The van der Waals surface area contributed by atoms with Crippen LogP contribution in [0.3, 0.4) is 0 Å². The maximum absolute atomic E-state index is 12.7. The van der Waals surface area contributed by atoms with Crippen LogP contribution in [0.25, 0.3) is 0 Å². The number of hydrogen-bond acceptors (Lipinski definition) is 4. The molecule has 0 radical (unpaired) electrons. The number of halogens is 1. The zero-order valence-electron chi connectivity index (χ0n) is 16.0. The number of benzene rings is 1. The summed E-state index contributed by atoms with van der Waals surface area (Å²) in [6.45, 7) is 6.29. The second-order valence-corrected chi connectivity index (χ2v) is 7.40. The topological polar surface area (TPSA) is 70.7 Å². The van der Waals surface area contributed by atoms with Crippen molar-refractivity contribution in [3.63, 3.8) is 0 Å². The van der Waals surface area contributed by atoms with E-state index in [1.807, 2.05) is 29.2 Å². The zero-order valence-corrected chi connectivity index (χ0v) is 16.8. The molecule has 150 valence electrons. The molecular formula is C20H30ClN3O3. The van der Waals surface area contributed by atoms with Crippen molar-refractivity contribution in [1.82, 2.24) is 15.5 Å². The van der Waals surface area contributed by atoms with E-state index in [9.17, 15) is 9.59 Å². The lowest BCUT2D eigenvalue weighted by atomic mass is 9.71. The molecule has 0 bridgehead atoms. The van der Waals surface area contributed by atoms with Gasteiger partial charge in [-0.05, 0) is 68.5 Å². The van der Waals surface area contributed by atoms with Crippen LogP contribution in [0, 0.1) is 5.41 Å². The first kappa shape index (κ1) is 21.5. The molecule has 2 amide bonds. The van der Waals surface area contributed by atoms with E-state index < -0.39 is 0 Å². The van der Waals surface area contributed by atoms with Gasteiger partial charge in [-0.2, -0.15) is 0 Å². The van der Waals surface area contributed by atoms with Crippen molar-refractivity contribution in [2.45, 2.75) is 32.6 Å². The van der Waals surface area contributed by atoms with Gasteiger partial charge in [-0.15, -0.1) is 12.4 Å². The summed E-state index contributed by atoms with van der Waals surface area (Å²) < 4.78 is 5.57. The van der Waals surface area contributed by atoms with Crippen LogP contribution in [0.4, 0.5) is 0 Å². The Labute approximate surface area is 167 Å². The lowest BCUT2D eigenvalue weighted by Crippen LogP contribution is -2.47. The minimum atomic E-state index is -0.0673. The molecule has 2 N–H and O–H groups in total. The van der Waals surface area contributed by atoms with E-state index in [2.05, 4.69) is 10.6 Å². The van der Waals surface area contributed by atoms with Gasteiger partial charge in [0.25, 0.3) is 5.91 Å². The minimum absolute atomic E-state index is 0. The van der Waals surface area contributed by atoms with Crippen LogP contribution >= 0.6 is 12.4 Å². The van der Waals surface area contributed by atoms with Crippen LogP contribution < -0.4 is 15.4 Å². The molecule has 2 saturated heterocycles. The SMILES string of the molecule is CC(=O)NCCOc1ccc(C(=O)N2CCC3(CCNCC3)CC2)cc1.Cl. The summed E-state index contributed by atoms with van der Waals surface area (Å²) in [5.41, 5.74) is 1.16. The van der Waals surface area contributed by atoms with Gasteiger partial charge < -0.3 is 20.3 Å². The van der Waals surface area contributed by atoms with E-state index in [0.29, 0.717) is 29.9 Å². The number of amides is 2. The number of carbonyl (C=O) groups is 2. The minimum Gasteiger partial charge on any atom is -0.492 e. The van der Waals surface area contributed by atoms with Crippen molar-refractivity contribution in [3.8, 4) is 5.75 Å². The summed E-state index contributed by atoms with van der Waals surface area (Å²) >= 11 is 0. The molecule has 0 saturated carbocycles. The third-order valence-corrected chi connectivity index (χ3v) is 5.62. The molecule has 2 aliphatic rings. The number of hydrogen-bond donors (Lipinski definition) is 2. The van der Waals surface area contributed by atoms with Gasteiger partial charge in [-0.25, -0.2) is 0 Å². The average molecular weight is 396 g/mol. The van der Waals surface area contributed by atoms with Gasteiger partial charge in [0.05, 0.1) is 6.54 Å². The third kappa shape index (κ3) is 5.84. The Kier molecular flexibility index (Phi) is 7.92. The van der Waals surface area contributed by atoms with E-state index >= 15 is 0 Å². The van der Waals surface area contributed by atoms with Crippen LogP contribution in [0.15, 0.2) is 24.3 Å². The summed E-state index contributed by atoms with van der Waals surface area (Å²) in [5.74, 6) is 0.750. The first-order chi connectivity index (χ1) is 12.6. The third-order valence-electron chi connectivity index (χ3n) is 5.62. The number of rotatable bonds is 5. The van der Waals surface area contributed by atoms with Crippen LogP contribution in [-0.2, 0) is 4.79 Å². The fourth-order valence-electron chi connectivity index (χ4n) is 3.91. The summed E-state index contributed by atoms with van der Waals surface area (Å²) in [6.07, 6.45) is 4.70. The zero-order chi connectivity index (χ0) is 18.4. The van der Waals surface area contributed by atoms with Crippen molar-refractivity contribution in [2.75, 3.05) is 39.3 Å². The molecule has 2 aliphatic heterocycles. The molecule has 0 atom stereocenters. The van der Waals surface area contributed by atoms with Gasteiger partial charge in [0, 0.05) is 25.6 Å². The predicted molar refractivity (Wildman–Crippen MR) is 108 cm³/mol. The van der Waals surface area contributed by atoms with Crippen LogP contribution in [0.1, 0.15) is 43.0 Å². The molecule has 0 aliphatic carbocycles. The van der Waals surface area contributed by atoms with Crippen LogP contribution in [0.2, 0.25) is 0 Å². The Balaban J connectivity index is 0.00000261. The van der Waals surface area contributed by atoms with Crippen LogP contribution in [-0.4, -0.2) is 56.0 Å². The molecule has 1 spiro atoms. The highest BCUT2D eigenvalue weighted by molar-refractivity contribution is 5.94. The summed E-state index contributed by atoms with van der Waals surface area (Å²) in [4.78, 5) is 25.5. The monoisotopic (exact) mass is 395 g/mol. The van der Waals surface area contributed by atoms with Gasteiger partial charge in [0.15, 0.2) is 0 Å². The molecule has 27 heavy (non-hydrogen) atoms. The molecule has 2 fully saturated rings. The first-order valence-electron chi connectivity index (χ1n) is 9.55. The Morgan fingerprint density at radius 2 is 1.74 bits per heavy atom. The lowest BCUT2D eigenvalue weighted by molar-refractivity contribution is -0.119. The van der Waals surface area contributed by atoms with Gasteiger partial charge in [0.1, 0.15) is 12.4 Å². The quantitative estimate of drug-likeness (QED) is 0.750. The fraction of sp³-hybridized carbons (Fsp3) is 0.600. The van der Waals surface area contributed by atoms with E-state index in [-0.39, 0.29) is 24.2 Å². The van der Waals surface area contributed by atoms with Crippen LogP contribution in [0.5, 0.6) is 5.75 Å². The van der Waals surface area contributed by atoms with E-state index in [0.717, 1.165) is 39.0 Å². The summed E-state index contributed by atoms with van der Waals surface area (Å²) in [5, 5.41) is 6.12. The van der Waals surface area contributed by atoms with Gasteiger partial charge in [0.2, 0.25) is 5.91 Å². The summed E-state index contributed by atoms with van der Waals surface area (Å²) in [7, 11) is 0. The second kappa shape index (κ2) is 9.95. The van der Waals surface area contributed by atoms with E-state index in [1.165, 1.54) is 19.8 Å². The molecule has 2 heterocycles. The molecular weight excluding hydrogens is 366 g/mol. The Bertz CT molecular complexity index is 620. The average Bonchev–Trinajstić information content (AvgIpc) is 2.66. The Hall–Kier alpha value is -1.79. The van der Waals surface area contributed by atoms with E-state index in [4.69, 9.17) is 4.74 Å². The maximum Gasteiger partial charge on any atom is 0.253 e. The summed E-state index contributed by atoms with van der Waals surface area (Å²) in [6, 6.07) is 7.29. The van der Waals surface area contributed by atoms with Crippen molar-refractivity contribution in [3.05, 3.63) is 29.8 Å². The first-order valence-corrected chi connectivity index (χ1v) is 9.55. The van der Waals surface area contributed by atoms with Crippen molar-refractivity contribution >= 4 is 24.2 Å². The molecule has 3 rings (SSSR count). The second-order valence-electron chi connectivity index (χ2n) is 7.40. The normalized spacial score (nSPS) is 18.5. The molecule has 7 heteroatoms. The van der Waals surface area contributed by atoms with Crippen molar-refractivity contribution in [2.24, 2.45) is 5.41 Å². The Morgan fingerprint density at radius 1 is 1.11 bits per heavy atom. The van der Waals surface area contributed by atoms with Gasteiger partial charge in [-0.3, -0.25) is 9.59 Å². The molecule has 0 unspecified atom stereocenters. The van der Waals surface area contributed by atoms with Gasteiger partial charge in [-0.1, -0.05) is 0 Å². The number of piperidine rings is 2. The highest BCUT2D eigenvalue weighted by Crippen LogP contribution is 2.39. The highest BCUT2D eigenvalue weighted by atomic mass is 35.5. The number of ether oxygens (including phenoxy) is 1.